The highest BCUT2D eigenvalue weighted by Crippen LogP contribution is 2.32. The lowest BCUT2D eigenvalue weighted by Crippen LogP contribution is -2.32. The number of benzene rings is 1. The minimum absolute atomic E-state index is 0.0346. The zero-order valence-electron chi connectivity index (χ0n) is 14.0. The summed E-state index contributed by atoms with van der Waals surface area (Å²) in [5.74, 6) is 0.671. The van der Waals surface area contributed by atoms with Gasteiger partial charge in [0.2, 0.25) is 0 Å². The fraction of sp³-hybridized carbons (Fsp3) is 0.526. The van der Waals surface area contributed by atoms with E-state index in [2.05, 4.69) is 23.3 Å². The van der Waals surface area contributed by atoms with Crippen LogP contribution in [0.2, 0.25) is 0 Å². The molecule has 0 fully saturated rings. The molecule has 4 heteroatoms. The largest absolute Gasteiger partial charge is 0.396 e. The lowest BCUT2D eigenvalue weighted by molar-refractivity contribution is 0.0938. The van der Waals surface area contributed by atoms with Crippen LogP contribution in [0, 0.1) is 5.92 Å². The smallest absolute Gasteiger partial charge is 0.253 e. The van der Waals surface area contributed by atoms with E-state index in [1.54, 1.807) is 0 Å². The Morgan fingerprint density at radius 1 is 1.48 bits per heavy atom. The summed E-state index contributed by atoms with van der Waals surface area (Å²) in [6.07, 6.45) is 4.86. The van der Waals surface area contributed by atoms with Gasteiger partial charge >= 0.3 is 0 Å². The van der Waals surface area contributed by atoms with Crippen LogP contribution in [0.25, 0.3) is 10.9 Å². The SMILES string of the molecule is C[C@@H]1CCc2[nH]c3c(C(=O)N[C@H](C)CCCO)cccc3c2C1. The Kier molecular flexibility index (Phi) is 4.71. The Labute approximate surface area is 137 Å². The van der Waals surface area contributed by atoms with Gasteiger partial charge in [-0.2, -0.15) is 0 Å². The monoisotopic (exact) mass is 314 g/mol. The van der Waals surface area contributed by atoms with Gasteiger partial charge in [0.1, 0.15) is 0 Å². The number of aliphatic hydroxyl groups is 1. The predicted octanol–water partition coefficient (Wildman–Crippen LogP) is 3.18. The second-order valence-corrected chi connectivity index (χ2v) is 6.90. The summed E-state index contributed by atoms with van der Waals surface area (Å²) in [6.45, 7) is 4.44. The lowest BCUT2D eigenvalue weighted by Gasteiger charge is -2.18. The van der Waals surface area contributed by atoms with Crippen LogP contribution in [0.5, 0.6) is 0 Å². The highest BCUT2D eigenvalue weighted by Gasteiger charge is 2.22. The molecule has 23 heavy (non-hydrogen) atoms. The molecule has 0 spiro atoms. The summed E-state index contributed by atoms with van der Waals surface area (Å²) in [5, 5.41) is 13.1. The number of nitrogens with one attached hydrogen (secondary N) is 2. The number of aryl methyl sites for hydroxylation is 1. The van der Waals surface area contributed by atoms with E-state index in [0.717, 1.165) is 30.3 Å². The van der Waals surface area contributed by atoms with Gasteiger partial charge in [-0.25, -0.2) is 0 Å². The van der Waals surface area contributed by atoms with E-state index < -0.39 is 0 Å². The zero-order valence-corrected chi connectivity index (χ0v) is 14.0. The Balaban J connectivity index is 1.88. The van der Waals surface area contributed by atoms with Gasteiger partial charge in [-0.15, -0.1) is 0 Å². The number of hydrogen-bond acceptors (Lipinski definition) is 2. The van der Waals surface area contributed by atoms with Gasteiger partial charge in [0.25, 0.3) is 5.91 Å². The van der Waals surface area contributed by atoms with E-state index in [-0.39, 0.29) is 18.6 Å². The molecule has 4 nitrogen and oxygen atoms in total. The molecule has 1 aliphatic rings. The fourth-order valence-electron chi connectivity index (χ4n) is 3.58. The number of amides is 1. The maximum Gasteiger partial charge on any atom is 0.253 e. The second kappa shape index (κ2) is 6.75. The molecule has 2 atom stereocenters. The molecule has 0 bridgehead atoms. The summed E-state index contributed by atoms with van der Waals surface area (Å²) in [4.78, 5) is 16.1. The molecule has 3 N–H and O–H groups in total. The number of aromatic amines is 1. The van der Waals surface area contributed by atoms with Crippen LogP contribution in [0.15, 0.2) is 18.2 Å². The highest BCUT2D eigenvalue weighted by atomic mass is 16.3. The van der Waals surface area contributed by atoms with E-state index in [4.69, 9.17) is 5.11 Å². The van der Waals surface area contributed by atoms with Gasteiger partial charge < -0.3 is 15.4 Å². The Morgan fingerprint density at radius 2 is 2.30 bits per heavy atom. The standard InChI is InChI=1S/C19H26N2O2/c1-12-8-9-17-16(11-12)14-6-3-7-15(18(14)21-17)19(23)20-13(2)5-4-10-22/h3,6-7,12-13,21-22H,4-5,8-11H2,1-2H3,(H,20,23)/t12-,13-/m1/s1. The molecule has 0 saturated heterocycles. The molecule has 0 unspecified atom stereocenters. The summed E-state index contributed by atoms with van der Waals surface area (Å²) in [6, 6.07) is 6.05. The first-order valence-corrected chi connectivity index (χ1v) is 8.64. The van der Waals surface area contributed by atoms with E-state index in [1.165, 1.54) is 23.1 Å². The molecular formula is C19H26N2O2. The minimum Gasteiger partial charge on any atom is -0.396 e. The summed E-state index contributed by atoms with van der Waals surface area (Å²) in [5.41, 5.74) is 4.38. The quantitative estimate of drug-likeness (QED) is 0.793. The van der Waals surface area contributed by atoms with E-state index >= 15 is 0 Å². The number of hydrogen-bond donors (Lipinski definition) is 3. The van der Waals surface area contributed by atoms with E-state index in [1.807, 2.05) is 19.1 Å². The molecule has 0 saturated carbocycles. The molecule has 1 aromatic heterocycles. The number of carbonyl (C=O) groups is 1. The van der Waals surface area contributed by atoms with Crippen LogP contribution in [0.3, 0.4) is 0 Å². The van der Waals surface area contributed by atoms with Crippen molar-refractivity contribution in [3.63, 3.8) is 0 Å². The topological polar surface area (TPSA) is 65.1 Å². The van der Waals surface area contributed by atoms with Gasteiger partial charge in [0, 0.05) is 23.7 Å². The van der Waals surface area contributed by atoms with Crippen molar-refractivity contribution in [3.05, 3.63) is 35.0 Å². The molecule has 3 rings (SSSR count). The molecule has 1 aromatic carbocycles. The Bertz CT molecular complexity index is 705. The Morgan fingerprint density at radius 3 is 3.09 bits per heavy atom. The first kappa shape index (κ1) is 16.1. The van der Waals surface area contributed by atoms with E-state index in [9.17, 15) is 4.79 Å². The van der Waals surface area contributed by atoms with Crippen LogP contribution in [-0.4, -0.2) is 28.6 Å². The fourth-order valence-corrected chi connectivity index (χ4v) is 3.58. The highest BCUT2D eigenvalue weighted by molar-refractivity contribution is 6.06. The normalized spacial score (nSPS) is 18.7. The molecule has 1 amide bonds. The zero-order chi connectivity index (χ0) is 16.4. The third-order valence-corrected chi connectivity index (χ3v) is 4.89. The molecular weight excluding hydrogens is 288 g/mol. The lowest BCUT2D eigenvalue weighted by atomic mass is 9.87. The maximum atomic E-state index is 12.6. The van der Waals surface area contributed by atoms with Crippen molar-refractivity contribution in [1.29, 1.82) is 0 Å². The number of fused-ring (bicyclic) bond motifs is 3. The van der Waals surface area contributed by atoms with Crippen molar-refractivity contribution in [1.82, 2.24) is 10.3 Å². The molecule has 1 aliphatic carbocycles. The van der Waals surface area contributed by atoms with Crippen molar-refractivity contribution in [2.75, 3.05) is 6.61 Å². The van der Waals surface area contributed by atoms with Crippen molar-refractivity contribution < 1.29 is 9.90 Å². The number of para-hydroxylation sites is 1. The first-order valence-electron chi connectivity index (χ1n) is 8.64. The van der Waals surface area contributed by atoms with Gasteiger partial charge in [-0.3, -0.25) is 4.79 Å². The van der Waals surface area contributed by atoms with Crippen LogP contribution in [0.4, 0.5) is 0 Å². The summed E-state index contributed by atoms with van der Waals surface area (Å²) >= 11 is 0. The Hall–Kier alpha value is -1.81. The minimum atomic E-state index is -0.0346. The maximum absolute atomic E-state index is 12.6. The second-order valence-electron chi connectivity index (χ2n) is 6.90. The number of aromatic nitrogens is 1. The molecule has 0 radical (unpaired) electrons. The molecule has 124 valence electrons. The van der Waals surface area contributed by atoms with Gasteiger partial charge in [-0.05, 0) is 56.6 Å². The third-order valence-electron chi connectivity index (χ3n) is 4.89. The molecule has 2 aromatic rings. The molecule has 0 aliphatic heterocycles. The van der Waals surface area contributed by atoms with Gasteiger partial charge in [0.15, 0.2) is 0 Å². The summed E-state index contributed by atoms with van der Waals surface area (Å²) < 4.78 is 0. The van der Waals surface area contributed by atoms with Crippen molar-refractivity contribution in [3.8, 4) is 0 Å². The van der Waals surface area contributed by atoms with Gasteiger partial charge in [0.05, 0.1) is 11.1 Å². The molecule has 1 heterocycles. The number of H-pyrrole nitrogens is 1. The number of carbonyl (C=O) groups excluding carboxylic acids is 1. The van der Waals surface area contributed by atoms with Crippen molar-refractivity contribution in [2.24, 2.45) is 5.92 Å². The van der Waals surface area contributed by atoms with Crippen LogP contribution in [0.1, 0.15) is 54.7 Å². The van der Waals surface area contributed by atoms with Crippen LogP contribution in [-0.2, 0) is 12.8 Å². The average molecular weight is 314 g/mol. The number of rotatable bonds is 5. The average Bonchev–Trinajstić information content (AvgIpc) is 2.90. The first-order chi connectivity index (χ1) is 11.1. The van der Waals surface area contributed by atoms with Crippen molar-refractivity contribution in [2.45, 2.75) is 52.0 Å². The predicted molar refractivity (Wildman–Crippen MR) is 92.7 cm³/mol. The number of aliphatic hydroxyl groups excluding tert-OH is 1. The van der Waals surface area contributed by atoms with E-state index in [0.29, 0.717) is 12.3 Å². The van der Waals surface area contributed by atoms with Crippen molar-refractivity contribution >= 4 is 16.8 Å². The van der Waals surface area contributed by atoms with Crippen LogP contribution >= 0.6 is 0 Å². The van der Waals surface area contributed by atoms with Crippen LogP contribution < -0.4 is 5.32 Å². The third kappa shape index (κ3) is 3.27. The van der Waals surface area contributed by atoms with Gasteiger partial charge in [-0.1, -0.05) is 19.1 Å². The summed E-state index contributed by atoms with van der Waals surface area (Å²) in [7, 11) is 0.